The van der Waals surface area contributed by atoms with E-state index >= 15 is 0 Å². The van der Waals surface area contributed by atoms with Gasteiger partial charge in [0.05, 0.1) is 18.6 Å². The molecular formula is C21H26N2O3. The van der Waals surface area contributed by atoms with Crippen molar-refractivity contribution in [1.29, 1.82) is 0 Å². The third-order valence-corrected chi connectivity index (χ3v) is 5.77. The van der Waals surface area contributed by atoms with E-state index in [2.05, 4.69) is 17.0 Å². The van der Waals surface area contributed by atoms with Crippen LogP contribution < -0.4 is 4.90 Å². The Kier molecular flexibility index (Phi) is 4.59. The second kappa shape index (κ2) is 6.89. The predicted octanol–water partition coefficient (Wildman–Crippen LogP) is 3.11. The number of furan rings is 1. The van der Waals surface area contributed by atoms with Gasteiger partial charge in [0.1, 0.15) is 11.5 Å². The number of carbonyl (C=O) groups is 1. The van der Waals surface area contributed by atoms with E-state index < -0.39 is 0 Å². The number of carbonyl (C=O) groups excluding carboxylic acids is 1. The minimum absolute atomic E-state index is 0.240. The third-order valence-electron chi connectivity index (χ3n) is 5.77. The molecule has 0 bridgehead atoms. The van der Waals surface area contributed by atoms with Crippen molar-refractivity contribution in [3.63, 3.8) is 0 Å². The van der Waals surface area contributed by atoms with Gasteiger partial charge in [-0.25, -0.2) is 0 Å². The summed E-state index contributed by atoms with van der Waals surface area (Å²) in [6.07, 6.45) is 1.71. The second-order valence-corrected chi connectivity index (χ2v) is 7.34. The van der Waals surface area contributed by atoms with Crippen LogP contribution in [0.15, 0.2) is 40.8 Å². The molecule has 5 nitrogen and oxygen atoms in total. The van der Waals surface area contributed by atoms with E-state index in [4.69, 9.17) is 9.15 Å². The number of amides is 1. The summed E-state index contributed by atoms with van der Waals surface area (Å²) in [6.45, 7) is 5.75. The lowest BCUT2D eigenvalue weighted by Crippen LogP contribution is -2.49. The smallest absolute Gasteiger partial charge is 0.237 e. The maximum absolute atomic E-state index is 13.3. The van der Waals surface area contributed by atoms with E-state index in [1.807, 2.05) is 36.1 Å². The number of methoxy groups -OCH3 is 1. The first kappa shape index (κ1) is 17.3. The van der Waals surface area contributed by atoms with Crippen molar-refractivity contribution in [2.45, 2.75) is 31.7 Å². The van der Waals surface area contributed by atoms with E-state index in [1.165, 1.54) is 5.56 Å². The molecule has 1 spiro atoms. The molecule has 0 unspecified atom stereocenters. The van der Waals surface area contributed by atoms with Crippen LogP contribution in [0.4, 0.5) is 5.69 Å². The number of nitrogens with zero attached hydrogens (tertiary/aromatic N) is 2. The number of piperidine rings is 1. The minimum Gasteiger partial charge on any atom is -0.465 e. The van der Waals surface area contributed by atoms with Crippen molar-refractivity contribution in [3.8, 4) is 0 Å². The number of likely N-dealkylation sites (tertiary alicyclic amines) is 1. The maximum atomic E-state index is 13.3. The van der Waals surface area contributed by atoms with Crippen LogP contribution in [0.2, 0.25) is 0 Å². The van der Waals surface area contributed by atoms with Crippen LogP contribution in [-0.4, -0.2) is 44.2 Å². The summed E-state index contributed by atoms with van der Waals surface area (Å²) in [5.74, 6) is 2.18. The fourth-order valence-corrected chi connectivity index (χ4v) is 4.37. The monoisotopic (exact) mass is 354 g/mol. The molecule has 2 aliphatic heterocycles. The summed E-state index contributed by atoms with van der Waals surface area (Å²) in [5.41, 5.74) is 1.87. The Hall–Kier alpha value is -2.11. The van der Waals surface area contributed by atoms with Gasteiger partial charge in [0.25, 0.3) is 0 Å². The van der Waals surface area contributed by atoms with Gasteiger partial charge in [-0.1, -0.05) is 18.2 Å². The van der Waals surface area contributed by atoms with Crippen LogP contribution in [0.1, 0.15) is 29.9 Å². The average Bonchev–Trinajstić information content (AvgIpc) is 3.16. The van der Waals surface area contributed by atoms with Crippen molar-refractivity contribution in [2.24, 2.45) is 0 Å². The number of fused-ring (bicyclic) bond motifs is 2. The number of anilines is 1. The summed E-state index contributed by atoms with van der Waals surface area (Å²) >= 11 is 0. The lowest BCUT2D eigenvalue weighted by atomic mass is 9.73. The van der Waals surface area contributed by atoms with E-state index in [0.717, 1.165) is 49.7 Å². The molecular weight excluding hydrogens is 328 g/mol. The van der Waals surface area contributed by atoms with Gasteiger partial charge >= 0.3 is 0 Å². The Morgan fingerprint density at radius 3 is 2.62 bits per heavy atom. The first-order valence-corrected chi connectivity index (χ1v) is 9.32. The summed E-state index contributed by atoms with van der Waals surface area (Å²) in [7, 11) is 1.68. The number of ether oxygens (including phenoxy) is 1. The zero-order chi connectivity index (χ0) is 18.1. The van der Waals surface area contributed by atoms with Crippen molar-refractivity contribution < 1.29 is 13.9 Å². The number of hydrogen-bond acceptors (Lipinski definition) is 4. The first-order valence-electron chi connectivity index (χ1n) is 9.32. The van der Waals surface area contributed by atoms with Crippen molar-refractivity contribution in [3.05, 3.63) is 53.5 Å². The number of rotatable bonds is 5. The molecule has 0 atom stereocenters. The molecule has 2 aliphatic rings. The molecule has 1 aromatic heterocycles. The molecule has 0 saturated carbocycles. The molecule has 2 aromatic rings. The highest BCUT2D eigenvalue weighted by molar-refractivity contribution is 6.08. The van der Waals surface area contributed by atoms with Crippen molar-refractivity contribution >= 4 is 11.6 Å². The fourth-order valence-electron chi connectivity index (χ4n) is 4.37. The molecule has 1 saturated heterocycles. The summed E-state index contributed by atoms with van der Waals surface area (Å²) in [6, 6.07) is 12.3. The first-order chi connectivity index (χ1) is 12.6. The van der Waals surface area contributed by atoms with Crippen LogP contribution >= 0.6 is 0 Å². The molecule has 26 heavy (non-hydrogen) atoms. The van der Waals surface area contributed by atoms with E-state index in [0.29, 0.717) is 13.2 Å². The molecule has 4 rings (SSSR count). The van der Waals surface area contributed by atoms with Gasteiger partial charge in [-0.05, 0) is 56.6 Å². The highest BCUT2D eigenvalue weighted by atomic mass is 16.5. The van der Waals surface area contributed by atoms with Crippen LogP contribution in [0.5, 0.6) is 0 Å². The molecule has 0 radical (unpaired) electrons. The Bertz CT molecular complexity index is 790. The van der Waals surface area contributed by atoms with Gasteiger partial charge in [-0.15, -0.1) is 0 Å². The molecule has 0 aliphatic carbocycles. The van der Waals surface area contributed by atoms with E-state index in [-0.39, 0.29) is 11.3 Å². The zero-order valence-corrected chi connectivity index (χ0v) is 15.5. The molecule has 1 amide bonds. The molecule has 138 valence electrons. The van der Waals surface area contributed by atoms with Gasteiger partial charge < -0.3 is 14.1 Å². The summed E-state index contributed by atoms with van der Waals surface area (Å²) in [5, 5.41) is 0. The lowest BCUT2D eigenvalue weighted by Gasteiger charge is -2.38. The molecule has 3 heterocycles. The largest absolute Gasteiger partial charge is 0.465 e. The Morgan fingerprint density at radius 1 is 1.15 bits per heavy atom. The number of benzene rings is 1. The minimum atomic E-state index is -0.375. The number of para-hydroxylation sites is 1. The van der Waals surface area contributed by atoms with Crippen molar-refractivity contribution in [2.75, 3.05) is 38.3 Å². The Balaban J connectivity index is 1.53. The Morgan fingerprint density at radius 2 is 1.92 bits per heavy atom. The van der Waals surface area contributed by atoms with Gasteiger partial charge in [0, 0.05) is 19.3 Å². The normalized spacial score (nSPS) is 19.3. The maximum Gasteiger partial charge on any atom is 0.237 e. The van der Waals surface area contributed by atoms with E-state index in [9.17, 15) is 4.79 Å². The Labute approximate surface area is 154 Å². The number of aryl methyl sites for hydroxylation is 1. The van der Waals surface area contributed by atoms with Gasteiger partial charge in [0.2, 0.25) is 5.91 Å². The summed E-state index contributed by atoms with van der Waals surface area (Å²) in [4.78, 5) is 17.7. The molecule has 5 heteroatoms. The fraction of sp³-hybridized carbons (Fsp3) is 0.476. The molecule has 1 fully saturated rings. The average molecular weight is 354 g/mol. The van der Waals surface area contributed by atoms with Crippen LogP contribution in [0, 0.1) is 6.92 Å². The van der Waals surface area contributed by atoms with Gasteiger partial charge in [-0.2, -0.15) is 0 Å². The molecule has 0 N–H and O–H groups in total. The van der Waals surface area contributed by atoms with Crippen molar-refractivity contribution in [1.82, 2.24) is 4.90 Å². The second-order valence-electron chi connectivity index (χ2n) is 7.34. The SMILES string of the molecule is COCCN1C(=O)C2(CCN(Cc3ccc(C)o3)CC2)c2ccccc21. The highest BCUT2D eigenvalue weighted by Crippen LogP contribution is 2.47. The third kappa shape index (κ3) is 2.85. The molecule has 1 aromatic carbocycles. The van der Waals surface area contributed by atoms with E-state index in [1.54, 1.807) is 7.11 Å². The zero-order valence-electron chi connectivity index (χ0n) is 15.5. The van der Waals surface area contributed by atoms with Gasteiger partial charge in [0.15, 0.2) is 0 Å². The standard InChI is InChI=1S/C21H26N2O3/c1-16-7-8-17(26-16)15-22-11-9-21(10-12-22)18-5-3-4-6-19(18)23(20(21)24)13-14-25-2/h3-8H,9-15H2,1-2H3. The topological polar surface area (TPSA) is 45.9 Å². The van der Waals surface area contributed by atoms with Crippen LogP contribution in [0.3, 0.4) is 0 Å². The lowest BCUT2D eigenvalue weighted by molar-refractivity contribution is -0.125. The highest BCUT2D eigenvalue weighted by Gasteiger charge is 2.51. The quantitative estimate of drug-likeness (QED) is 0.828. The predicted molar refractivity (Wildman–Crippen MR) is 100 cm³/mol. The number of hydrogen-bond donors (Lipinski definition) is 0. The van der Waals surface area contributed by atoms with Crippen LogP contribution in [0.25, 0.3) is 0 Å². The van der Waals surface area contributed by atoms with Crippen LogP contribution in [-0.2, 0) is 21.5 Å². The van der Waals surface area contributed by atoms with Gasteiger partial charge in [-0.3, -0.25) is 9.69 Å². The summed E-state index contributed by atoms with van der Waals surface area (Å²) < 4.78 is 10.9.